The minimum Gasteiger partial charge on any atom is -0.340 e. The maximum Gasteiger partial charge on any atom is 0.280 e. The standard InChI is InChI=1S/C11H23N4OP/c1-5-14(6-2)17(16,15(7-3)8-4)11-12-9-10-13-11/h9-10H,5-8H2,1-4H3,(H,12,13). The molecule has 5 nitrogen and oxygen atoms in total. The largest absolute Gasteiger partial charge is 0.340 e. The van der Waals surface area contributed by atoms with Crippen molar-refractivity contribution < 1.29 is 4.57 Å². The van der Waals surface area contributed by atoms with Crippen LogP contribution in [0.4, 0.5) is 0 Å². The molecule has 0 amide bonds. The van der Waals surface area contributed by atoms with Crippen molar-refractivity contribution in [1.82, 2.24) is 19.3 Å². The maximum absolute atomic E-state index is 13.4. The Balaban J connectivity index is 3.21. The molecular weight excluding hydrogens is 235 g/mol. The van der Waals surface area contributed by atoms with Gasteiger partial charge >= 0.3 is 0 Å². The molecule has 1 heterocycles. The normalized spacial score (nSPS) is 12.6. The highest BCUT2D eigenvalue weighted by Crippen LogP contribution is 2.50. The molecule has 0 radical (unpaired) electrons. The average molecular weight is 258 g/mol. The molecule has 0 fully saturated rings. The first-order chi connectivity index (χ1) is 8.14. The molecule has 0 aliphatic rings. The summed E-state index contributed by atoms with van der Waals surface area (Å²) in [6.45, 7) is 11.1. The van der Waals surface area contributed by atoms with Crippen molar-refractivity contribution >= 4 is 13.0 Å². The quantitative estimate of drug-likeness (QED) is 0.759. The molecule has 0 unspecified atom stereocenters. The summed E-state index contributed by atoms with van der Waals surface area (Å²) < 4.78 is 17.4. The van der Waals surface area contributed by atoms with Crippen LogP contribution in [0, 0.1) is 0 Å². The topological polar surface area (TPSA) is 52.2 Å². The zero-order valence-corrected chi connectivity index (χ0v) is 12.1. The second-order valence-electron chi connectivity index (χ2n) is 3.73. The van der Waals surface area contributed by atoms with Crippen molar-refractivity contribution in [2.75, 3.05) is 26.2 Å². The molecule has 1 aromatic heterocycles. The Morgan fingerprint density at radius 3 is 1.88 bits per heavy atom. The number of H-pyrrole nitrogens is 1. The van der Waals surface area contributed by atoms with Crippen molar-refractivity contribution in [2.45, 2.75) is 27.7 Å². The zero-order valence-electron chi connectivity index (χ0n) is 11.2. The molecule has 17 heavy (non-hydrogen) atoms. The van der Waals surface area contributed by atoms with E-state index in [2.05, 4.69) is 9.97 Å². The summed E-state index contributed by atoms with van der Waals surface area (Å²) in [5.41, 5.74) is 0.588. The molecule has 1 N–H and O–H groups in total. The van der Waals surface area contributed by atoms with Gasteiger partial charge < -0.3 is 4.98 Å². The fraction of sp³-hybridized carbons (Fsp3) is 0.727. The monoisotopic (exact) mass is 258 g/mol. The minimum atomic E-state index is -2.74. The van der Waals surface area contributed by atoms with E-state index in [0.29, 0.717) is 5.57 Å². The van der Waals surface area contributed by atoms with Gasteiger partial charge in [-0.2, -0.15) is 0 Å². The molecule has 0 saturated carbocycles. The maximum atomic E-state index is 13.4. The van der Waals surface area contributed by atoms with Gasteiger partial charge in [0.15, 0.2) is 5.57 Å². The molecule has 0 aliphatic carbocycles. The smallest absolute Gasteiger partial charge is 0.280 e. The Morgan fingerprint density at radius 2 is 1.59 bits per heavy atom. The minimum absolute atomic E-state index is 0.588. The van der Waals surface area contributed by atoms with E-state index in [1.54, 1.807) is 12.4 Å². The number of nitrogens with zero attached hydrogens (tertiary/aromatic N) is 3. The lowest BCUT2D eigenvalue weighted by molar-refractivity contribution is 0.367. The van der Waals surface area contributed by atoms with Crippen molar-refractivity contribution in [2.24, 2.45) is 0 Å². The third-order valence-electron chi connectivity index (χ3n) is 2.99. The van der Waals surface area contributed by atoms with Crippen LogP contribution >= 0.6 is 7.44 Å². The van der Waals surface area contributed by atoms with Crippen LogP contribution in [0.3, 0.4) is 0 Å². The van der Waals surface area contributed by atoms with Crippen LogP contribution in [0.15, 0.2) is 12.4 Å². The molecule has 0 atom stereocenters. The van der Waals surface area contributed by atoms with Gasteiger partial charge in [0, 0.05) is 38.6 Å². The fourth-order valence-electron chi connectivity index (χ4n) is 2.08. The predicted octanol–water partition coefficient (Wildman–Crippen LogP) is 1.91. The van der Waals surface area contributed by atoms with E-state index in [1.807, 2.05) is 37.0 Å². The molecule has 1 aromatic rings. The first-order valence-electron chi connectivity index (χ1n) is 6.25. The third-order valence-corrected chi connectivity index (χ3v) is 6.45. The zero-order chi connectivity index (χ0) is 12.9. The van der Waals surface area contributed by atoms with Crippen LogP contribution in [-0.2, 0) is 4.57 Å². The molecule has 0 aliphatic heterocycles. The van der Waals surface area contributed by atoms with Gasteiger partial charge in [-0.15, -0.1) is 0 Å². The van der Waals surface area contributed by atoms with E-state index >= 15 is 0 Å². The van der Waals surface area contributed by atoms with E-state index in [4.69, 9.17) is 0 Å². The Hall–Kier alpha value is -0.640. The van der Waals surface area contributed by atoms with Gasteiger partial charge in [-0.3, -0.25) is 4.57 Å². The summed E-state index contributed by atoms with van der Waals surface area (Å²) in [4.78, 5) is 7.24. The molecular formula is C11H23N4OP. The molecule has 0 aromatic carbocycles. The Kier molecular flexibility index (Phi) is 5.37. The van der Waals surface area contributed by atoms with E-state index in [0.717, 1.165) is 26.2 Å². The Labute approximate surface area is 104 Å². The molecule has 1 rings (SSSR count). The highest BCUT2D eigenvalue weighted by Gasteiger charge is 2.38. The lowest BCUT2D eigenvalue weighted by Gasteiger charge is -2.35. The summed E-state index contributed by atoms with van der Waals surface area (Å²) in [5, 5.41) is 0. The number of nitrogens with one attached hydrogen (secondary N) is 1. The lowest BCUT2D eigenvalue weighted by atomic mass is 10.7. The van der Waals surface area contributed by atoms with Gasteiger partial charge in [0.05, 0.1) is 0 Å². The van der Waals surface area contributed by atoms with E-state index < -0.39 is 7.44 Å². The molecule has 6 heteroatoms. The van der Waals surface area contributed by atoms with Crippen molar-refractivity contribution in [3.63, 3.8) is 0 Å². The number of hydrogen-bond acceptors (Lipinski definition) is 2. The summed E-state index contributed by atoms with van der Waals surface area (Å²) in [5.74, 6) is 0. The first kappa shape index (κ1) is 14.4. The van der Waals surface area contributed by atoms with Crippen LogP contribution in [-0.4, -0.2) is 45.5 Å². The van der Waals surface area contributed by atoms with Crippen molar-refractivity contribution in [3.8, 4) is 0 Å². The number of aromatic amines is 1. The summed E-state index contributed by atoms with van der Waals surface area (Å²) in [6.07, 6.45) is 3.39. The van der Waals surface area contributed by atoms with E-state index in [-0.39, 0.29) is 0 Å². The van der Waals surface area contributed by atoms with Crippen LogP contribution in [0.25, 0.3) is 0 Å². The van der Waals surface area contributed by atoms with Gasteiger partial charge in [0.1, 0.15) is 0 Å². The van der Waals surface area contributed by atoms with Gasteiger partial charge in [-0.25, -0.2) is 14.3 Å². The van der Waals surface area contributed by atoms with E-state index in [1.165, 1.54) is 0 Å². The highest BCUT2D eigenvalue weighted by atomic mass is 31.2. The molecule has 0 spiro atoms. The number of rotatable bonds is 7. The molecule has 0 bridgehead atoms. The summed E-state index contributed by atoms with van der Waals surface area (Å²) in [6, 6.07) is 0. The molecule has 0 saturated heterocycles. The van der Waals surface area contributed by atoms with E-state index in [9.17, 15) is 4.57 Å². The van der Waals surface area contributed by atoms with Crippen molar-refractivity contribution in [1.29, 1.82) is 0 Å². The average Bonchev–Trinajstić information content (AvgIpc) is 2.86. The van der Waals surface area contributed by atoms with Gasteiger partial charge in [-0.1, -0.05) is 27.7 Å². The predicted molar refractivity (Wildman–Crippen MR) is 71.7 cm³/mol. The third kappa shape index (κ3) is 2.62. The number of imidazole rings is 1. The molecule has 98 valence electrons. The lowest BCUT2D eigenvalue weighted by Crippen LogP contribution is -2.38. The number of hydrogen-bond donors (Lipinski definition) is 1. The van der Waals surface area contributed by atoms with Crippen LogP contribution < -0.4 is 5.57 Å². The van der Waals surface area contributed by atoms with Crippen LogP contribution in [0.2, 0.25) is 0 Å². The van der Waals surface area contributed by atoms with Crippen molar-refractivity contribution in [3.05, 3.63) is 12.4 Å². The highest BCUT2D eigenvalue weighted by molar-refractivity contribution is 7.66. The second kappa shape index (κ2) is 6.34. The van der Waals surface area contributed by atoms with Gasteiger partial charge in [0.25, 0.3) is 7.44 Å². The van der Waals surface area contributed by atoms with Gasteiger partial charge in [0.2, 0.25) is 0 Å². The second-order valence-corrected chi connectivity index (χ2v) is 6.38. The Bertz CT molecular complexity index is 342. The Morgan fingerprint density at radius 1 is 1.12 bits per heavy atom. The first-order valence-corrected chi connectivity index (χ1v) is 7.87. The van der Waals surface area contributed by atoms with Gasteiger partial charge in [-0.05, 0) is 0 Å². The SMILES string of the molecule is CCN(CC)P(=O)(c1ncc[nH]1)N(CC)CC. The summed E-state index contributed by atoms with van der Waals surface area (Å²) >= 11 is 0. The fourth-order valence-corrected chi connectivity index (χ4v) is 4.96. The number of aromatic nitrogens is 2. The van der Waals surface area contributed by atoms with Crippen LogP contribution in [0.1, 0.15) is 27.7 Å². The summed E-state index contributed by atoms with van der Waals surface area (Å²) in [7, 11) is -2.74. The van der Waals surface area contributed by atoms with Crippen LogP contribution in [0.5, 0.6) is 0 Å².